The maximum Gasteiger partial charge on any atom is 0.273 e. The van der Waals surface area contributed by atoms with Crippen LogP contribution in [0.1, 0.15) is 41.2 Å². The predicted molar refractivity (Wildman–Crippen MR) is 73.9 cm³/mol. The molecule has 1 amide bonds. The lowest BCUT2D eigenvalue weighted by atomic mass is 10.00. The normalized spacial score (nSPS) is 20.6. The van der Waals surface area contributed by atoms with Crippen LogP contribution in [0.25, 0.3) is 0 Å². The summed E-state index contributed by atoms with van der Waals surface area (Å²) in [6.45, 7) is 2.82. The molecule has 3 nitrogen and oxygen atoms in total. The van der Waals surface area contributed by atoms with Gasteiger partial charge in [0, 0.05) is 23.3 Å². The second kappa shape index (κ2) is 5.96. The van der Waals surface area contributed by atoms with Crippen molar-refractivity contribution in [3.8, 4) is 0 Å². The fourth-order valence-corrected chi connectivity index (χ4v) is 3.42. The third kappa shape index (κ3) is 3.07. The van der Waals surface area contributed by atoms with Crippen LogP contribution in [-0.4, -0.2) is 33.7 Å². The first-order chi connectivity index (χ1) is 8.22. The molecule has 1 aliphatic rings. The summed E-state index contributed by atoms with van der Waals surface area (Å²) in [6, 6.07) is 0.387. The summed E-state index contributed by atoms with van der Waals surface area (Å²) in [4.78, 5) is 18.7. The molecule has 1 unspecified atom stereocenters. The van der Waals surface area contributed by atoms with Crippen LogP contribution in [-0.2, 0) is 0 Å². The van der Waals surface area contributed by atoms with E-state index in [1.165, 1.54) is 6.42 Å². The monoisotopic (exact) mass is 316 g/mol. The number of likely N-dealkylation sites (tertiary alicyclic amines) is 1. The Morgan fingerprint density at radius 2 is 2.47 bits per heavy atom. The van der Waals surface area contributed by atoms with Crippen molar-refractivity contribution >= 4 is 33.2 Å². The minimum atomic E-state index is 0.111. The van der Waals surface area contributed by atoms with Crippen LogP contribution in [0, 0.1) is 6.92 Å². The molecular weight excluding hydrogens is 300 g/mol. The van der Waals surface area contributed by atoms with Gasteiger partial charge in [-0.05, 0) is 32.6 Å². The number of carbonyl (C=O) groups excluding carboxylic acids is 1. The molecule has 94 valence electrons. The van der Waals surface area contributed by atoms with Gasteiger partial charge in [0.2, 0.25) is 0 Å². The fourth-order valence-electron chi connectivity index (χ4n) is 2.30. The number of hydrogen-bond donors (Lipinski definition) is 0. The number of amides is 1. The molecule has 5 heteroatoms. The molecule has 1 aliphatic heterocycles. The second-order valence-electron chi connectivity index (χ2n) is 4.38. The number of alkyl halides is 1. The Kier molecular flexibility index (Phi) is 4.56. The van der Waals surface area contributed by atoms with Crippen LogP contribution >= 0.6 is 27.3 Å². The Morgan fingerprint density at radius 3 is 3.12 bits per heavy atom. The Labute approximate surface area is 114 Å². The lowest BCUT2D eigenvalue weighted by Gasteiger charge is -2.35. The van der Waals surface area contributed by atoms with Gasteiger partial charge >= 0.3 is 0 Å². The van der Waals surface area contributed by atoms with Gasteiger partial charge in [0.15, 0.2) is 0 Å². The van der Waals surface area contributed by atoms with E-state index in [4.69, 9.17) is 0 Å². The highest BCUT2D eigenvalue weighted by Crippen LogP contribution is 2.23. The zero-order chi connectivity index (χ0) is 12.3. The molecule has 0 bridgehead atoms. The van der Waals surface area contributed by atoms with Gasteiger partial charge in [0.05, 0.1) is 5.01 Å². The van der Waals surface area contributed by atoms with Gasteiger partial charge in [-0.3, -0.25) is 4.79 Å². The molecule has 0 aromatic carbocycles. The van der Waals surface area contributed by atoms with Crippen LogP contribution < -0.4 is 0 Å². The topological polar surface area (TPSA) is 33.2 Å². The molecular formula is C12H17BrN2OS. The van der Waals surface area contributed by atoms with E-state index >= 15 is 0 Å². The molecule has 0 radical (unpaired) electrons. The fraction of sp³-hybridized carbons (Fsp3) is 0.667. The van der Waals surface area contributed by atoms with Gasteiger partial charge in [0.1, 0.15) is 5.69 Å². The van der Waals surface area contributed by atoms with E-state index in [2.05, 4.69) is 20.9 Å². The summed E-state index contributed by atoms with van der Waals surface area (Å²) in [5, 5.41) is 3.79. The van der Waals surface area contributed by atoms with Gasteiger partial charge in [-0.1, -0.05) is 15.9 Å². The largest absolute Gasteiger partial charge is 0.334 e. The van der Waals surface area contributed by atoms with E-state index in [1.54, 1.807) is 11.3 Å². The first-order valence-corrected chi connectivity index (χ1v) is 8.01. The second-order valence-corrected chi connectivity index (χ2v) is 6.23. The molecule has 0 saturated carbocycles. The van der Waals surface area contributed by atoms with Crippen molar-refractivity contribution < 1.29 is 4.79 Å². The third-order valence-electron chi connectivity index (χ3n) is 3.17. The third-order valence-corrected chi connectivity index (χ3v) is 4.40. The van der Waals surface area contributed by atoms with E-state index < -0.39 is 0 Å². The summed E-state index contributed by atoms with van der Waals surface area (Å²) in [6.07, 6.45) is 4.51. The quantitative estimate of drug-likeness (QED) is 0.802. The lowest BCUT2D eigenvalue weighted by molar-refractivity contribution is 0.0604. The summed E-state index contributed by atoms with van der Waals surface area (Å²) < 4.78 is 0. The molecule has 1 fully saturated rings. The zero-order valence-electron chi connectivity index (χ0n) is 9.99. The number of rotatable bonds is 3. The Hall–Kier alpha value is -0.420. The molecule has 0 spiro atoms. The molecule has 1 aromatic heterocycles. The predicted octanol–water partition coefficient (Wildman–Crippen LogP) is 3.23. The minimum Gasteiger partial charge on any atom is -0.334 e. The van der Waals surface area contributed by atoms with Gasteiger partial charge in [-0.2, -0.15) is 0 Å². The zero-order valence-corrected chi connectivity index (χ0v) is 12.4. The number of halogens is 1. The number of aryl methyl sites for hydroxylation is 1. The van der Waals surface area contributed by atoms with E-state index in [0.29, 0.717) is 11.7 Å². The van der Waals surface area contributed by atoms with Gasteiger partial charge in [-0.25, -0.2) is 4.98 Å². The summed E-state index contributed by atoms with van der Waals surface area (Å²) >= 11 is 5.01. The van der Waals surface area contributed by atoms with Crippen molar-refractivity contribution in [1.29, 1.82) is 0 Å². The highest BCUT2D eigenvalue weighted by Gasteiger charge is 2.27. The minimum absolute atomic E-state index is 0.111. The summed E-state index contributed by atoms with van der Waals surface area (Å²) in [5.74, 6) is 0.111. The van der Waals surface area contributed by atoms with Gasteiger partial charge < -0.3 is 4.90 Å². The van der Waals surface area contributed by atoms with Gasteiger partial charge in [0.25, 0.3) is 5.91 Å². The van der Waals surface area contributed by atoms with Crippen molar-refractivity contribution in [2.45, 2.75) is 38.6 Å². The number of thiazole rings is 1. The van der Waals surface area contributed by atoms with Crippen LogP contribution in [0.4, 0.5) is 0 Å². The van der Waals surface area contributed by atoms with E-state index in [-0.39, 0.29) is 5.91 Å². The van der Waals surface area contributed by atoms with Gasteiger partial charge in [-0.15, -0.1) is 11.3 Å². The molecule has 17 heavy (non-hydrogen) atoms. The Balaban J connectivity index is 2.10. The summed E-state index contributed by atoms with van der Waals surface area (Å²) in [5.41, 5.74) is 0.619. The summed E-state index contributed by atoms with van der Waals surface area (Å²) in [7, 11) is 0. The number of piperidine rings is 1. The average molecular weight is 317 g/mol. The SMILES string of the molecule is Cc1nc(C(=O)N2CCCCC2CCBr)cs1. The molecule has 0 aliphatic carbocycles. The Morgan fingerprint density at radius 1 is 1.65 bits per heavy atom. The lowest BCUT2D eigenvalue weighted by Crippen LogP contribution is -2.44. The van der Waals surface area contributed by atoms with E-state index in [9.17, 15) is 4.79 Å². The number of carbonyl (C=O) groups is 1. The molecule has 1 aromatic rings. The highest BCUT2D eigenvalue weighted by atomic mass is 79.9. The molecule has 1 saturated heterocycles. The van der Waals surface area contributed by atoms with Crippen LogP contribution in [0.5, 0.6) is 0 Å². The molecule has 2 heterocycles. The first kappa shape index (κ1) is 13.0. The van der Waals surface area contributed by atoms with Crippen molar-refractivity contribution in [2.24, 2.45) is 0 Å². The van der Waals surface area contributed by atoms with Crippen LogP contribution in [0.15, 0.2) is 5.38 Å². The maximum atomic E-state index is 12.4. The smallest absolute Gasteiger partial charge is 0.273 e. The van der Waals surface area contributed by atoms with Crippen molar-refractivity contribution in [1.82, 2.24) is 9.88 Å². The standard InChI is InChI=1S/C12H17BrN2OS/c1-9-14-11(8-17-9)12(16)15-7-3-2-4-10(15)5-6-13/h8,10H,2-7H2,1H3. The number of nitrogens with zero attached hydrogens (tertiary/aromatic N) is 2. The number of hydrogen-bond acceptors (Lipinski definition) is 3. The van der Waals surface area contributed by atoms with E-state index in [0.717, 1.165) is 36.1 Å². The molecule has 2 rings (SSSR count). The number of aromatic nitrogens is 1. The maximum absolute atomic E-state index is 12.4. The van der Waals surface area contributed by atoms with Crippen LogP contribution in [0.2, 0.25) is 0 Å². The Bertz CT molecular complexity index is 392. The van der Waals surface area contributed by atoms with Crippen molar-refractivity contribution in [2.75, 3.05) is 11.9 Å². The van der Waals surface area contributed by atoms with Crippen LogP contribution in [0.3, 0.4) is 0 Å². The van der Waals surface area contributed by atoms with E-state index in [1.807, 2.05) is 17.2 Å². The molecule has 0 N–H and O–H groups in total. The molecule has 1 atom stereocenters. The average Bonchev–Trinajstić information content (AvgIpc) is 2.76. The highest BCUT2D eigenvalue weighted by molar-refractivity contribution is 9.09. The first-order valence-electron chi connectivity index (χ1n) is 6.01. The van der Waals surface area contributed by atoms with Crippen molar-refractivity contribution in [3.63, 3.8) is 0 Å². The van der Waals surface area contributed by atoms with Crippen molar-refractivity contribution in [3.05, 3.63) is 16.1 Å².